The second kappa shape index (κ2) is 12.9. The van der Waals surface area contributed by atoms with E-state index in [2.05, 4.69) is 38.0 Å². The number of carbonyl (C=O) groups excluding carboxylic acids is 2. The zero-order valence-corrected chi connectivity index (χ0v) is 24.9. The van der Waals surface area contributed by atoms with Crippen LogP contribution in [0.2, 0.25) is 0 Å². The van der Waals surface area contributed by atoms with Crippen molar-refractivity contribution in [1.82, 2.24) is 26.0 Å². The Morgan fingerprint density at radius 2 is 1.55 bits per heavy atom. The number of amides is 1. The number of carbonyl (C=O) groups is 2. The van der Waals surface area contributed by atoms with Gasteiger partial charge in [0.15, 0.2) is 5.17 Å². The largest absolute Gasteiger partial charge is 0.457 e. The highest BCUT2D eigenvalue weighted by atomic mass is 32.2. The Labute approximate surface area is 256 Å². The number of aromatic nitrogens is 4. The summed E-state index contributed by atoms with van der Waals surface area (Å²) >= 11 is 0. The molecule has 2 N–H and O–H groups in total. The first-order valence-corrected chi connectivity index (χ1v) is 15.6. The summed E-state index contributed by atoms with van der Waals surface area (Å²) in [5.74, 6) is -0.575. The number of hydrazine groups is 1. The molecule has 1 atom stereocenters. The van der Waals surface area contributed by atoms with E-state index < -0.39 is 22.4 Å². The molecule has 0 saturated carbocycles. The number of nitrogens with one attached hydrogen (secondary N) is 2. The number of hydrogen-bond donors (Lipinski definition) is 2. The minimum Gasteiger partial charge on any atom is -0.457 e. The average Bonchev–Trinajstić information content (AvgIpc) is 3.73. The third-order valence-corrected chi connectivity index (χ3v) is 9.07. The maximum Gasteiger partial charge on any atom is 0.339 e. The van der Waals surface area contributed by atoms with Crippen molar-refractivity contribution in [2.75, 3.05) is 11.3 Å². The minimum absolute atomic E-state index is 0.108. The molecular formula is C33H29N7O3S. The minimum atomic E-state index is -0.576. The van der Waals surface area contributed by atoms with Crippen LogP contribution in [0.4, 0.5) is 5.69 Å². The highest BCUT2D eigenvalue weighted by Gasteiger charge is 2.28. The number of amidine groups is 1. The van der Waals surface area contributed by atoms with Gasteiger partial charge in [-0.3, -0.25) is 4.79 Å². The topological polar surface area (TPSA) is 125 Å². The number of aromatic amines is 1. The summed E-state index contributed by atoms with van der Waals surface area (Å²) in [5.41, 5.74) is 8.28. The standard InChI is InChI=1S/C33H29N7O3S/c1-3-29-37-40(24-19-17-23(18-20-24)25-13-7-8-14-26(25)30-35-38-39-36-30)33(44(29)2)34-31(41)27-15-9-10-16-28(27)32(42)43-21-22-11-5-4-6-12-22/h4-20,37H,3,21H2,1-2H3,(H,35,36,38,39). The van der Waals surface area contributed by atoms with E-state index in [0.29, 0.717) is 11.0 Å². The summed E-state index contributed by atoms with van der Waals surface area (Å²) in [6.07, 6.45) is 2.80. The number of anilines is 1. The van der Waals surface area contributed by atoms with Gasteiger partial charge in [0, 0.05) is 10.6 Å². The third-order valence-electron chi connectivity index (χ3n) is 7.13. The van der Waals surface area contributed by atoms with Gasteiger partial charge in [0.25, 0.3) is 5.91 Å². The van der Waals surface area contributed by atoms with Crippen molar-refractivity contribution < 1.29 is 14.3 Å². The molecule has 0 bridgehead atoms. The lowest BCUT2D eigenvalue weighted by molar-refractivity contribution is 0.0470. The summed E-state index contributed by atoms with van der Waals surface area (Å²) in [5, 5.41) is 16.9. The first-order chi connectivity index (χ1) is 21.5. The highest BCUT2D eigenvalue weighted by Crippen LogP contribution is 2.33. The van der Waals surface area contributed by atoms with E-state index in [1.165, 1.54) is 0 Å². The van der Waals surface area contributed by atoms with Gasteiger partial charge in [-0.15, -0.1) is 20.7 Å². The van der Waals surface area contributed by atoms with Crippen LogP contribution in [-0.4, -0.2) is 48.9 Å². The SMILES string of the molecule is CCC1=S(C)C(=NC(=O)c2ccccc2C(=O)OCc2ccccc2)N(c2ccc(-c3ccccc3-c3nn[nH]n3)cc2)N1. The lowest BCUT2D eigenvalue weighted by atomic mass is 9.99. The normalized spacial score (nSPS) is 15.5. The molecular weight excluding hydrogens is 574 g/mol. The van der Waals surface area contributed by atoms with E-state index in [-0.39, 0.29) is 17.7 Å². The molecule has 6 rings (SSSR count). The molecule has 220 valence electrons. The first kappa shape index (κ1) is 28.8. The fourth-order valence-electron chi connectivity index (χ4n) is 4.87. The number of aliphatic imine (C=N–C) groups is 1. The van der Waals surface area contributed by atoms with E-state index in [0.717, 1.165) is 39.4 Å². The van der Waals surface area contributed by atoms with Crippen molar-refractivity contribution in [2.24, 2.45) is 4.99 Å². The first-order valence-electron chi connectivity index (χ1n) is 14.0. The van der Waals surface area contributed by atoms with Crippen molar-refractivity contribution in [1.29, 1.82) is 0 Å². The Kier molecular flexibility index (Phi) is 8.48. The van der Waals surface area contributed by atoms with Gasteiger partial charge >= 0.3 is 5.97 Å². The second-order valence-corrected chi connectivity index (χ2v) is 11.7. The molecule has 0 radical (unpaired) electrons. The summed E-state index contributed by atoms with van der Waals surface area (Å²) in [6, 6.07) is 31.8. The Balaban J connectivity index is 1.28. The molecule has 0 fully saturated rings. The van der Waals surface area contributed by atoms with Gasteiger partial charge in [-0.1, -0.05) is 85.8 Å². The number of rotatable bonds is 8. The number of hydrogen-bond acceptors (Lipinski definition) is 7. The highest BCUT2D eigenvalue weighted by molar-refractivity contribution is 8.28. The fourth-order valence-corrected chi connectivity index (χ4v) is 6.39. The third kappa shape index (κ3) is 5.96. The molecule has 5 aromatic rings. The molecule has 1 unspecified atom stereocenters. The van der Waals surface area contributed by atoms with Crippen LogP contribution in [0.3, 0.4) is 0 Å². The molecule has 1 amide bonds. The van der Waals surface area contributed by atoms with E-state index >= 15 is 0 Å². The van der Waals surface area contributed by atoms with Gasteiger partial charge in [-0.25, -0.2) is 9.80 Å². The number of benzene rings is 4. The number of esters is 1. The Morgan fingerprint density at radius 3 is 2.25 bits per heavy atom. The summed E-state index contributed by atoms with van der Waals surface area (Å²) in [4.78, 5) is 32.3. The number of ether oxygens (including phenoxy) is 1. The molecule has 10 nitrogen and oxygen atoms in total. The lowest BCUT2D eigenvalue weighted by Gasteiger charge is -2.20. The molecule has 0 spiro atoms. The van der Waals surface area contributed by atoms with Crippen LogP contribution >= 0.6 is 10.5 Å². The van der Waals surface area contributed by atoms with Gasteiger partial charge in [0.1, 0.15) is 6.61 Å². The number of H-pyrrole nitrogens is 1. The quantitative estimate of drug-likeness (QED) is 0.167. The van der Waals surface area contributed by atoms with Crippen LogP contribution in [0.25, 0.3) is 22.5 Å². The van der Waals surface area contributed by atoms with Gasteiger partial charge in [0.05, 0.1) is 16.8 Å². The van der Waals surface area contributed by atoms with Crippen LogP contribution < -0.4 is 10.4 Å². The van der Waals surface area contributed by atoms with Crippen LogP contribution in [-0.2, 0) is 11.3 Å². The lowest BCUT2D eigenvalue weighted by Crippen LogP contribution is -2.39. The predicted molar refractivity (Wildman–Crippen MR) is 173 cm³/mol. The summed E-state index contributed by atoms with van der Waals surface area (Å²) in [7, 11) is -0.467. The van der Waals surface area contributed by atoms with E-state index in [1.54, 1.807) is 24.3 Å². The van der Waals surface area contributed by atoms with Crippen LogP contribution in [0.15, 0.2) is 108 Å². The zero-order chi connectivity index (χ0) is 30.5. The number of nitrogens with zero attached hydrogens (tertiary/aromatic N) is 5. The average molecular weight is 604 g/mol. The molecule has 1 aliphatic rings. The van der Waals surface area contributed by atoms with Gasteiger partial charge in [0.2, 0.25) is 5.82 Å². The van der Waals surface area contributed by atoms with Crippen molar-refractivity contribution in [3.63, 3.8) is 0 Å². The predicted octanol–water partition coefficient (Wildman–Crippen LogP) is 5.85. The Hall–Kier alpha value is -5.26. The van der Waals surface area contributed by atoms with Gasteiger partial charge in [-0.2, -0.15) is 15.6 Å². The fraction of sp³-hybridized carbons (Fsp3) is 0.121. The molecule has 44 heavy (non-hydrogen) atoms. The molecule has 1 aliphatic heterocycles. The molecule has 0 saturated heterocycles. The smallest absolute Gasteiger partial charge is 0.339 e. The van der Waals surface area contributed by atoms with Gasteiger partial charge < -0.3 is 4.74 Å². The monoisotopic (exact) mass is 603 g/mol. The van der Waals surface area contributed by atoms with E-state index in [4.69, 9.17) is 4.74 Å². The molecule has 1 aromatic heterocycles. The van der Waals surface area contributed by atoms with Crippen molar-refractivity contribution in [3.05, 3.63) is 120 Å². The Morgan fingerprint density at radius 1 is 0.864 bits per heavy atom. The second-order valence-electron chi connectivity index (χ2n) is 9.87. The molecule has 2 heterocycles. The van der Waals surface area contributed by atoms with E-state index in [1.807, 2.05) is 90.1 Å². The van der Waals surface area contributed by atoms with E-state index in [9.17, 15) is 9.59 Å². The van der Waals surface area contributed by atoms with Crippen molar-refractivity contribution in [3.8, 4) is 22.5 Å². The molecule has 4 aromatic carbocycles. The Bertz CT molecular complexity index is 1870. The van der Waals surface area contributed by atoms with Crippen molar-refractivity contribution >= 4 is 38.2 Å². The van der Waals surface area contributed by atoms with Crippen LogP contribution in [0.1, 0.15) is 39.6 Å². The van der Waals surface area contributed by atoms with Crippen LogP contribution in [0, 0.1) is 0 Å². The summed E-state index contributed by atoms with van der Waals surface area (Å²) < 4.78 is 5.52. The van der Waals surface area contributed by atoms with Crippen molar-refractivity contribution in [2.45, 2.75) is 20.0 Å². The zero-order valence-electron chi connectivity index (χ0n) is 24.1. The molecule has 0 aliphatic carbocycles. The molecule has 11 heteroatoms. The van der Waals surface area contributed by atoms with Crippen LogP contribution in [0.5, 0.6) is 0 Å². The number of tetrazole rings is 1. The maximum atomic E-state index is 13.6. The summed E-state index contributed by atoms with van der Waals surface area (Å²) in [6.45, 7) is 2.17. The maximum absolute atomic E-state index is 13.6. The van der Waals surface area contributed by atoms with Gasteiger partial charge in [-0.05, 0) is 58.8 Å².